The smallest absolute Gasteiger partial charge is 0.270 e. The second-order valence-corrected chi connectivity index (χ2v) is 4.26. The molecule has 0 radical (unpaired) electrons. The third-order valence-corrected chi connectivity index (χ3v) is 2.79. The number of nitrogens with zero attached hydrogens (tertiary/aromatic N) is 1. The Hall–Kier alpha value is -2.40. The molecule has 2 aromatic rings. The van der Waals surface area contributed by atoms with E-state index in [1.807, 2.05) is 30.3 Å². The van der Waals surface area contributed by atoms with Crippen molar-refractivity contribution in [1.29, 1.82) is 0 Å². The van der Waals surface area contributed by atoms with Crippen molar-refractivity contribution in [2.45, 2.75) is 13.2 Å². The first-order chi connectivity index (χ1) is 9.70. The molecule has 5 heteroatoms. The molecule has 0 atom stereocenters. The van der Waals surface area contributed by atoms with Crippen LogP contribution in [0.3, 0.4) is 0 Å². The van der Waals surface area contributed by atoms with Crippen molar-refractivity contribution < 1.29 is 14.4 Å². The van der Waals surface area contributed by atoms with Crippen LogP contribution in [-0.2, 0) is 18.0 Å². The van der Waals surface area contributed by atoms with Gasteiger partial charge in [-0.3, -0.25) is 10.1 Å². The van der Waals surface area contributed by atoms with E-state index in [1.54, 1.807) is 13.2 Å². The Morgan fingerprint density at radius 3 is 2.50 bits per heavy atom. The number of hydrogen-bond donors (Lipinski definition) is 0. The standard InChI is InChI=1S/C15H15NO4/c1-19-11-13-9-14(16(17)18)7-8-15(13)20-10-12-5-3-2-4-6-12/h2-9H,10-11H2,1H3. The van der Waals surface area contributed by atoms with Gasteiger partial charge in [0.25, 0.3) is 5.69 Å². The van der Waals surface area contributed by atoms with Gasteiger partial charge >= 0.3 is 0 Å². The Bertz CT molecular complexity index is 584. The predicted molar refractivity (Wildman–Crippen MR) is 74.6 cm³/mol. The summed E-state index contributed by atoms with van der Waals surface area (Å²) in [7, 11) is 1.54. The van der Waals surface area contributed by atoms with Crippen LogP contribution in [-0.4, -0.2) is 12.0 Å². The van der Waals surface area contributed by atoms with Crippen molar-refractivity contribution in [2.24, 2.45) is 0 Å². The van der Waals surface area contributed by atoms with Gasteiger partial charge in [-0.2, -0.15) is 0 Å². The van der Waals surface area contributed by atoms with E-state index < -0.39 is 4.92 Å². The molecule has 0 fully saturated rings. The molecule has 0 heterocycles. The highest BCUT2D eigenvalue weighted by atomic mass is 16.6. The van der Waals surface area contributed by atoms with E-state index in [0.29, 0.717) is 17.9 Å². The average Bonchev–Trinajstić information content (AvgIpc) is 2.47. The first-order valence-electron chi connectivity index (χ1n) is 6.13. The zero-order valence-electron chi connectivity index (χ0n) is 11.1. The second kappa shape index (κ2) is 6.68. The zero-order chi connectivity index (χ0) is 14.4. The van der Waals surface area contributed by atoms with Crippen molar-refractivity contribution >= 4 is 5.69 Å². The molecule has 0 saturated heterocycles. The fourth-order valence-corrected chi connectivity index (χ4v) is 1.82. The van der Waals surface area contributed by atoms with E-state index in [1.165, 1.54) is 12.1 Å². The lowest BCUT2D eigenvalue weighted by Gasteiger charge is -2.11. The molecule has 0 unspecified atom stereocenters. The minimum Gasteiger partial charge on any atom is -0.489 e. The van der Waals surface area contributed by atoms with Crippen LogP contribution in [0.5, 0.6) is 5.75 Å². The fraction of sp³-hybridized carbons (Fsp3) is 0.200. The van der Waals surface area contributed by atoms with Crippen LogP contribution in [0.15, 0.2) is 48.5 Å². The lowest BCUT2D eigenvalue weighted by atomic mass is 10.2. The summed E-state index contributed by atoms with van der Waals surface area (Å²) < 4.78 is 10.8. The third kappa shape index (κ3) is 3.55. The summed E-state index contributed by atoms with van der Waals surface area (Å²) in [6, 6.07) is 14.2. The quantitative estimate of drug-likeness (QED) is 0.598. The van der Waals surface area contributed by atoms with E-state index in [9.17, 15) is 10.1 Å². The highest BCUT2D eigenvalue weighted by Gasteiger charge is 2.11. The van der Waals surface area contributed by atoms with Gasteiger partial charge in [-0.15, -0.1) is 0 Å². The normalized spacial score (nSPS) is 10.2. The molecule has 0 aliphatic carbocycles. The topological polar surface area (TPSA) is 61.6 Å². The fourth-order valence-electron chi connectivity index (χ4n) is 1.82. The number of benzene rings is 2. The minimum absolute atomic E-state index is 0.0316. The first-order valence-corrected chi connectivity index (χ1v) is 6.13. The largest absolute Gasteiger partial charge is 0.489 e. The number of nitro benzene ring substituents is 1. The Labute approximate surface area is 116 Å². The predicted octanol–water partition coefficient (Wildman–Crippen LogP) is 3.32. The highest BCUT2D eigenvalue weighted by Crippen LogP contribution is 2.25. The summed E-state index contributed by atoms with van der Waals surface area (Å²) in [6.07, 6.45) is 0. The lowest BCUT2D eigenvalue weighted by Crippen LogP contribution is -2.00. The number of rotatable bonds is 6. The molecule has 0 aliphatic rings. The van der Waals surface area contributed by atoms with Gasteiger partial charge in [0.15, 0.2) is 0 Å². The van der Waals surface area contributed by atoms with Gasteiger partial charge in [0.1, 0.15) is 12.4 Å². The molecule has 5 nitrogen and oxygen atoms in total. The molecule has 0 spiro atoms. The van der Waals surface area contributed by atoms with Crippen LogP contribution in [0.25, 0.3) is 0 Å². The van der Waals surface area contributed by atoms with Gasteiger partial charge in [-0.1, -0.05) is 30.3 Å². The summed E-state index contributed by atoms with van der Waals surface area (Å²) >= 11 is 0. The summed E-state index contributed by atoms with van der Waals surface area (Å²) in [5.74, 6) is 0.598. The molecule has 0 bridgehead atoms. The molecule has 104 valence electrons. The Morgan fingerprint density at radius 1 is 1.10 bits per heavy atom. The van der Waals surface area contributed by atoms with Gasteiger partial charge < -0.3 is 9.47 Å². The molecule has 0 amide bonds. The SMILES string of the molecule is COCc1cc([N+](=O)[O-])ccc1OCc1ccccc1. The first kappa shape index (κ1) is 14.0. The van der Waals surface area contributed by atoms with Gasteiger partial charge in [0.05, 0.1) is 11.5 Å². The van der Waals surface area contributed by atoms with Crippen LogP contribution in [0.4, 0.5) is 5.69 Å². The van der Waals surface area contributed by atoms with Gasteiger partial charge in [-0.05, 0) is 11.6 Å². The van der Waals surface area contributed by atoms with Crippen molar-refractivity contribution in [3.8, 4) is 5.75 Å². The molecular formula is C15H15NO4. The highest BCUT2D eigenvalue weighted by molar-refractivity contribution is 5.43. The second-order valence-electron chi connectivity index (χ2n) is 4.26. The van der Waals surface area contributed by atoms with Crippen molar-refractivity contribution in [3.05, 3.63) is 69.8 Å². The van der Waals surface area contributed by atoms with Crippen molar-refractivity contribution in [1.82, 2.24) is 0 Å². The maximum atomic E-state index is 10.8. The molecule has 20 heavy (non-hydrogen) atoms. The van der Waals surface area contributed by atoms with E-state index in [0.717, 1.165) is 5.56 Å². The van der Waals surface area contributed by atoms with Gasteiger partial charge in [0.2, 0.25) is 0 Å². The molecule has 2 rings (SSSR count). The Kier molecular flexibility index (Phi) is 4.68. The van der Waals surface area contributed by atoms with E-state index in [2.05, 4.69) is 0 Å². The molecule has 0 aliphatic heterocycles. The maximum Gasteiger partial charge on any atom is 0.270 e. The van der Waals surface area contributed by atoms with Crippen LogP contribution >= 0.6 is 0 Å². The summed E-state index contributed by atoms with van der Waals surface area (Å²) in [5.41, 5.74) is 1.73. The van der Waals surface area contributed by atoms with Crippen molar-refractivity contribution in [3.63, 3.8) is 0 Å². The van der Waals surface area contributed by atoms with Crippen LogP contribution in [0.2, 0.25) is 0 Å². The molecule has 2 aromatic carbocycles. The number of non-ortho nitro benzene ring substituents is 1. The summed E-state index contributed by atoms with van der Waals surface area (Å²) in [4.78, 5) is 10.3. The monoisotopic (exact) mass is 273 g/mol. The van der Waals surface area contributed by atoms with Gasteiger partial charge in [-0.25, -0.2) is 0 Å². The summed E-state index contributed by atoms with van der Waals surface area (Å²) in [5, 5.41) is 10.8. The van der Waals surface area contributed by atoms with E-state index in [4.69, 9.17) is 9.47 Å². The molecule has 0 aromatic heterocycles. The number of methoxy groups -OCH3 is 1. The zero-order valence-corrected chi connectivity index (χ0v) is 11.1. The van der Waals surface area contributed by atoms with E-state index >= 15 is 0 Å². The van der Waals surface area contributed by atoms with Crippen LogP contribution < -0.4 is 4.74 Å². The Balaban J connectivity index is 2.16. The minimum atomic E-state index is -0.430. The molecular weight excluding hydrogens is 258 g/mol. The van der Waals surface area contributed by atoms with Gasteiger partial charge in [0, 0.05) is 24.8 Å². The third-order valence-electron chi connectivity index (χ3n) is 2.79. The van der Waals surface area contributed by atoms with E-state index in [-0.39, 0.29) is 12.3 Å². The molecule has 0 N–H and O–H groups in total. The average molecular weight is 273 g/mol. The number of hydrogen-bond acceptors (Lipinski definition) is 4. The summed E-state index contributed by atoms with van der Waals surface area (Å²) in [6.45, 7) is 0.682. The van der Waals surface area contributed by atoms with Crippen LogP contribution in [0.1, 0.15) is 11.1 Å². The van der Waals surface area contributed by atoms with Crippen molar-refractivity contribution in [2.75, 3.05) is 7.11 Å². The maximum absolute atomic E-state index is 10.8. The Morgan fingerprint density at radius 2 is 1.85 bits per heavy atom. The van der Waals surface area contributed by atoms with Crippen LogP contribution in [0, 0.1) is 10.1 Å². The number of ether oxygens (including phenoxy) is 2. The number of nitro groups is 1. The lowest BCUT2D eigenvalue weighted by molar-refractivity contribution is -0.385. The molecule has 0 saturated carbocycles.